The molecule has 20 heavy (non-hydrogen) atoms. The van der Waals surface area contributed by atoms with E-state index in [9.17, 15) is 0 Å². The molecule has 2 aromatic heterocycles. The Hall–Kier alpha value is -2.01. The maximum atomic E-state index is 4.48. The molecule has 0 saturated carbocycles. The molecule has 1 aliphatic heterocycles. The summed E-state index contributed by atoms with van der Waals surface area (Å²) in [6.07, 6.45) is 8.75. The van der Waals surface area contributed by atoms with Crippen molar-refractivity contribution in [2.75, 3.05) is 18.4 Å². The molecule has 0 aromatic carbocycles. The van der Waals surface area contributed by atoms with E-state index in [1.54, 1.807) is 0 Å². The van der Waals surface area contributed by atoms with Crippen LogP contribution in [0.15, 0.2) is 36.8 Å². The van der Waals surface area contributed by atoms with Gasteiger partial charge in [0.05, 0.1) is 24.1 Å². The lowest BCUT2D eigenvalue weighted by atomic mass is 10.2. The Kier molecular flexibility index (Phi) is 4.18. The van der Waals surface area contributed by atoms with Gasteiger partial charge in [0.2, 0.25) is 0 Å². The molecule has 5 nitrogen and oxygen atoms in total. The topological polar surface area (TPSA) is 62.7 Å². The van der Waals surface area contributed by atoms with Crippen LogP contribution in [0.3, 0.4) is 0 Å². The molecule has 0 aliphatic carbocycles. The van der Waals surface area contributed by atoms with Crippen molar-refractivity contribution < 1.29 is 0 Å². The fraction of sp³-hybridized carbons (Fsp3) is 0.400. The van der Waals surface area contributed by atoms with Crippen molar-refractivity contribution >= 4 is 5.82 Å². The molecule has 2 aromatic rings. The van der Waals surface area contributed by atoms with E-state index < -0.39 is 0 Å². The first kappa shape index (κ1) is 13.0. The van der Waals surface area contributed by atoms with Crippen molar-refractivity contribution in [3.63, 3.8) is 0 Å². The SMILES string of the molecule is c1ccc(CCNc2cnc(C3CCCN3)cn2)nc1. The molecule has 0 amide bonds. The highest BCUT2D eigenvalue weighted by atomic mass is 15.0. The lowest BCUT2D eigenvalue weighted by molar-refractivity contribution is 0.624. The molecule has 0 spiro atoms. The summed E-state index contributed by atoms with van der Waals surface area (Å²) in [5.74, 6) is 0.822. The van der Waals surface area contributed by atoms with Gasteiger partial charge in [-0.2, -0.15) is 0 Å². The van der Waals surface area contributed by atoms with Crippen LogP contribution in [0.4, 0.5) is 5.82 Å². The average Bonchev–Trinajstić information content (AvgIpc) is 3.03. The second kappa shape index (κ2) is 6.43. The third-order valence-electron chi connectivity index (χ3n) is 3.50. The number of anilines is 1. The van der Waals surface area contributed by atoms with Crippen molar-refractivity contribution in [1.29, 1.82) is 0 Å². The van der Waals surface area contributed by atoms with Crippen LogP contribution in [0, 0.1) is 0 Å². The van der Waals surface area contributed by atoms with Gasteiger partial charge in [-0.25, -0.2) is 4.98 Å². The summed E-state index contributed by atoms with van der Waals surface area (Å²) < 4.78 is 0. The van der Waals surface area contributed by atoms with Crippen molar-refractivity contribution in [2.45, 2.75) is 25.3 Å². The summed E-state index contributed by atoms with van der Waals surface area (Å²) in [5, 5.41) is 6.70. The van der Waals surface area contributed by atoms with Gasteiger partial charge in [-0.1, -0.05) is 6.07 Å². The Morgan fingerprint density at radius 2 is 2.20 bits per heavy atom. The number of hydrogen-bond acceptors (Lipinski definition) is 5. The summed E-state index contributed by atoms with van der Waals surface area (Å²) >= 11 is 0. The fourth-order valence-electron chi connectivity index (χ4n) is 2.41. The standard InChI is InChI=1S/C15H19N5/c1-2-7-16-12(4-1)6-9-18-15-11-19-14(10-20-15)13-5-3-8-17-13/h1-2,4,7,10-11,13,17H,3,5-6,8-9H2,(H,18,20). The zero-order chi connectivity index (χ0) is 13.6. The lowest BCUT2D eigenvalue weighted by Gasteiger charge is -2.10. The summed E-state index contributed by atoms with van der Waals surface area (Å²) in [4.78, 5) is 13.2. The molecule has 3 heterocycles. The Labute approximate surface area is 118 Å². The Bertz CT molecular complexity index is 520. The highest BCUT2D eigenvalue weighted by molar-refractivity contribution is 5.31. The van der Waals surface area contributed by atoms with Crippen LogP contribution >= 0.6 is 0 Å². The molecule has 1 aliphatic rings. The number of pyridine rings is 1. The molecule has 1 unspecified atom stereocenters. The zero-order valence-corrected chi connectivity index (χ0v) is 11.4. The number of aromatic nitrogens is 3. The van der Waals surface area contributed by atoms with Gasteiger partial charge in [0.25, 0.3) is 0 Å². The molecule has 0 radical (unpaired) electrons. The lowest BCUT2D eigenvalue weighted by Crippen LogP contribution is -2.15. The fourth-order valence-corrected chi connectivity index (χ4v) is 2.41. The first-order valence-electron chi connectivity index (χ1n) is 7.11. The van der Waals surface area contributed by atoms with Crippen LogP contribution in [-0.2, 0) is 6.42 Å². The van der Waals surface area contributed by atoms with E-state index in [0.29, 0.717) is 6.04 Å². The van der Waals surface area contributed by atoms with E-state index in [1.165, 1.54) is 6.42 Å². The summed E-state index contributed by atoms with van der Waals surface area (Å²) in [7, 11) is 0. The normalized spacial score (nSPS) is 18.1. The second-order valence-electron chi connectivity index (χ2n) is 4.97. The van der Waals surface area contributed by atoms with Crippen LogP contribution in [0.5, 0.6) is 0 Å². The smallest absolute Gasteiger partial charge is 0.144 e. The molecular weight excluding hydrogens is 250 g/mol. The van der Waals surface area contributed by atoms with Crippen LogP contribution in [0.2, 0.25) is 0 Å². The quantitative estimate of drug-likeness (QED) is 0.868. The highest BCUT2D eigenvalue weighted by Gasteiger charge is 2.17. The third-order valence-corrected chi connectivity index (χ3v) is 3.50. The van der Waals surface area contributed by atoms with E-state index >= 15 is 0 Å². The van der Waals surface area contributed by atoms with E-state index in [4.69, 9.17) is 0 Å². The van der Waals surface area contributed by atoms with Gasteiger partial charge in [-0.15, -0.1) is 0 Å². The van der Waals surface area contributed by atoms with Crippen molar-refractivity contribution in [2.24, 2.45) is 0 Å². The molecule has 1 saturated heterocycles. The highest BCUT2D eigenvalue weighted by Crippen LogP contribution is 2.20. The molecule has 5 heteroatoms. The third kappa shape index (κ3) is 3.30. The first-order valence-corrected chi connectivity index (χ1v) is 7.11. The number of nitrogens with one attached hydrogen (secondary N) is 2. The molecule has 1 fully saturated rings. The zero-order valence-electron chi connectivity index (χ0n) is 11.4. The molecule has 3 rings (SSSR count). The average molecular weight is 269 g/mol. The number of hydrogen-bond donors (Lipinski definition) is 2. The van der Waals surface area contributed by atoms with E-state index in [2.05, 4.69) is 25.6 Å². The predicted octanol–water partition coefficient (Wildman–Crippen LogP) is 1.95. The van der Waals surface area contributed by atoms with Gasteiger partial charge in [-0.3, -0.25) is 9.97 Å². The predicted molar refractivity (Wildman–Crippen MR) is 78.4 cm³/mol. The maximum absolute atomic E-state index is 4.48. The van der Waals surface area contributed by atoms with Crippen molar-refractivity contribution in [3.8, 4) is 0 Å². The Morgan fingerprint density at radius 3 is 2.90 bits per heavy atom. The second-order valence-corrected chi connectivity index (χ2v) is 4.97. The summed E-state index contributed by atoms with van der Waals surface area (Å²) in [6.45, 7) is 1.89. The minimum Gasteiger partial charge on any atom is -0.368 e. The van der Waals surface area contributed by atoms with Gasteiger partial charge in [0.15, 0.2) is 0 Å². The molecule has 1 atom stereocenters. The van der Waals surface area contributed by atoms with E-state index in [1.807, 2.05) is 36.8 Å². The van der Waals surface area contributed by atoms with Crippen molar-refractivity contribution in [3.05, 3.63) is 48.2 Å². The van der Waals surface area contributed by atoms with E-state index in [0.717, 1.165) is 43.1 Å². The van der Waals surface area contributed by atoms with Crippen LogP contribution in [-0.4, -0.2) is 28.0 Å². The van der Waals surface area contributed by atoms with Gasteiger partial charge in [-0.05, 0) is 31.5 Å². The first-order chi connectivity index (χ1) is 9.92. The van der Waals surface area contributed by atoms with Crippen LogP contribution in [0.1, 0.15) is 30.3 Å². The maximum Gasteiger partial charge on any atom is 0.144 e. The molecule has 0 bridgehead atoms. The minimum absolute atomic E-state index is 0.380. The van der Waals surface area contributed by atoms with Gasteiger partial charge >= 0.3 is 0 Å². The van der Waals surface area contributed by atoms with Crippen molar-refractivity contribution in [1.82, 2.24) is 20.3 Å². The van der Waals surface area contributed by atoms with Crippen LogP contribution in [0.25, 0.3) is 0 Å². The molecule has 104 valence electrons. The number of rotatable bonds is 5. The summed E-state index contributed by atoms with van der Waals surface area (Å²) in [5.41, 5.74) is 2.12. The van der Waals surface area contributed by atoms with Crippen LogP contribution < -0.4 is 10.6 Å². The van der Waals surface area contributed by atoms with E-state index in [-0.39, 0.29) is 0 Å². The summed E-state index contributed by atoms with van der Waals surface area (Å²) in [6, 6.07) is 6.34. The minimum atomic E-state index is 0.380. The molecule has 2 N–H and O–H groups in total. The Morgan fingerprint density at radius 1 is 1.20 bits per heavy atom. The van der Waals surface area contributed by atoms with Gasteiger partial charge in [0.1, 0.15) is 5.82 Å². The van der Waals surface area contributed by atoms with Gasteiger partial charge < -0.3 is 10.6 Å². The largest absolute Gasteiger partial charge is 0.368 e. The Balaban J connectivity index is 1.50. The monoisotopic (exact) mass is 269 g/mol. The van der Waals surface area contributed by atoms with Gasteiger partial charge in [0, 0.05) is 24.9 Å². The number of nitrogens with zero attached hydrogens (tertiary/aromatic N) is 3. The molecular formula is C15H19N5.